The third-order valence-electron chi connectivity index (χ3n) is 3.09. The molecule has 0 amide bonds. The van der Waals surface area contributed by atoms with Crippen LogP contribution in [-0.4, -0.2) is 38.2 Å². The monoisotopic (exact) mass is 251 g/mol. The summed E-state index contributed by atoms with van der Waals surface area (Å²) >= 11 is 0. The number of nitrogens with zero attached hydrogens (tertiary/aromatic N) is 1. The van der Waals surface area contributed by atoms with Gasteiger partial charge in [-0.15, -0.1) is 0 Å². The van der Waals surface area contributed by atoms with Crippen LogP contribution in [0.3, 0.4) is 0 Å². The molecular formula is C14H21NO3. The first kappa shape index (κ1) is 14.5. The average Bonchev–Trinajstić information content (AvgIpc) is 2.37. The number of carbonyl (C=O) groups is 1. The molecule has 0 aliphatic heterocycles. The molecule has 0 radical (unpaired) electrons. The standard InChI is InChI=1S/C14H21NO3/c1-10-8-12(6-7-13(10)17-4)9-15(3)11(2)14(16)18-5/h6-8,11H,9H2,1-5H3/t11-/m1/s1. The van der Waals surface area contributed by atoms with Gasteiger partial charge < -0.3 is 9.47 Å². The summed E-state index contributed by atoms with van der Waals surface area (Å²) in [6, 6.07) is 5.77. The number of rotatable bonds is 5. The molecule has 0 saturated carbocycles. The van der Waals surface area contributed by atoms with Crippen LogP contribution in [0.25, 0.3) is 0 Å². The van der Waals surface area contributed by atoms with E-state index in [1.165, 1.54) is 7.11 Å². The van der Waals surface area contributed by atoms with E-state index in [1.807, 2.05) is 37.9 Å². The summed E-state index contributed by atoms with van der Waals surface area (Å²) in [6.07, 6.45) is 0. The number of aryl methyl sites for hydroxylation is 1. The maximum absolute atomic E-state index is 11.4. The zero-order valence-corrected chi connectivity index (χ0v) is 11.7. The molecule has 1 aromatic carbocycles. The summed E-state index contributed by atoms with van der Waals surface area (Å²) < 4.78 is 9.95. The quantitative estimate of drug-likeness (QED) is 0.750. The normalized spacial score (nSPS) is 12.3. The van der Waals surface area contributed by atoms with Gasteiger partial charge in [-0.2, -0.15) is 0 Å². The van der Waals surface area contributed by atoms with E-state index in [4.69, 9.17) is 9.47 Å². The molecule has 1 rings (SSSR count). The van der Waals surface area contributed by atoms with E-state index in [1.54, 1.807) is 7.11 Å². The molecule has 0 aliphatic carbocycles. The first-order chi connectivity index (χ1) is 8.49. The number of likely N-dealkylation sites (N-methyl/N-ethyl adjacent to an activating group) is 1. The predicted octanol–water partition coefficient (Wildman–Crippen LogP) is 2.00. The Kier molecular flexibility index (Phi) is 5.16. The van der Waals surface area contributed by atoms with Crippen LogP contribution in [0.5, 0.6) is 5.75 Å². The molecular weight excluding hydrogens is 230 g/mol. The number of esters is 1. The molecule has 0 spiro atoms. The number of benzene rings is 1. The first-order valence-electron chi connectivity index (χ1n) is 5.91. The molecule has 4 nitrogen and oxygen atoms in total. The number of methoxy groups -OCH3 is 2. The summed E-state index contributed by atoms with van der Waals surface area (Å²) in [5, 5.41) is 0. The highest BCUT2D eigenvalue weighted by Gasteiger charge is 2.18. The molecule has 100 valence electrons. The van der Waals surface area contributed by atoms with Crippen LogP contribution in [0.1, 0.15) is 18.1 Å². The predicted molar refractivity (Wildman–Crippen MR) is 70.7 cm³/mol. The molecule has 0 heterocycles. The molecule has 4 heteroatoms. The minimum atomic E-state index is -0.252. The van der Waals surface area contributed by atoms with Crippen molar-refractivity contribution in [2.45, 2.75) is 26.4 Å². The van der Waals surface area contributed by atoms with Crippen LogP contribution in [0.4, 0.5) is 0 Å². The van der Waals surface area contributed by atoms with Crippen LogP contribution < -0.4 is 4.74 Å². The van der Waals surface area contributed by atoms with Gasteiger partial charge in [-0.25, -0.2) is 0 Å². The number of hydrogen-bond acceptors (Lipinski definition) is 4. The van der Waals surface area contributed by atoms with Gasteiger partial charge in [-0.1, -0.05) is 12.1 Å². The zero-order chi connectivity index (χ0) is 13.7. The summed E-state index contributed by atoms with van der Waals surface area (Å²) in [5.41, 5.74) is 2.24. The van der Waals surface area contributed by atoms with Crippen molar-refractivity contribution in [3.63, 3.8) is 0 Å². The second kappa shape index (κ2) is 6.40. The van der Waals surface area contributed by atoms with Crippen molar-refractivity contribution in [3.8, 4) is 5.75 Å². The Morgan fingerprint density at radius 1 is 1.39 bits per heavy atom. The maximum atomic E-state index is 11.4. The van der Waals surface area contributed by atoms with Crippen molar-refractivity contribution in [3.05, 3.63) is 29.3 Å². The highest BCUT2D eigenvalue weighted by atomic mass is 16.5. The van der Waals surface area contributed by atoms with Gasteiger partial charge in [0.25, 0.3) is 0 Å². The largest absolute Gasteiger partial charge is 0.496 e. The van der Waals surface area contributed by atoms with Gasteiger partial charge in [0.1, 0.15) is 11.8 Å². The zero-order valence-electron chi connectivity index (χ0n) is 11.7. The van der Waals surface area contributed by atoms with Gasteiger partial charge in [0, 0.05) is 6.54 Å². The fourth-order valence-electron chi connectivity index (χ4n) is 1.81. The van der Waals surface area contributed by atoms with Crippen molar-refractivity contribution in [2.75, 3.05) is 21.3 Å². The van der Waals surface area contributed by atoms with Gasteiger partial charge in [-0.05, 0) is 38.1 Å². The lowest BCUT2D eigenvalue weighted by Crippen LogP contribution is -2.36. The van der Waals surface area contributed by atoms with Crippen molar-refractivity contribution >= 4 is 5.97 Å². The highest BCUT2D eigenvalue weighted by Crippen LogP contribution is 2.19. The molecule has 0 saturated heterocycles. The smallest absolute Gasteiger partial charge is 0.322 e. The van der Waals surface area contributed by atoms with Crippen molar-refractivity contribution in [1.29, 1.82) is 0 Å². The average molecular weight is 251 g/mol. The summed E-state index contributed by atoms with van der Waals surface area (Å²) in [5.74, 6) is 0.658. The van der Waals surface area contributed by atoms with Crippen molar-refractivity contribution < 1.29 is 14.3 Å². The SMILES string of the molecule is COC(=O)[C@@H](C)N(C)Cc1ccc(OC)c(C)c1. The van der Waals surface area contributed by atoms with E-state index in [0.29, 0.717) is 6.54 Å². The highest BCUT2D eigenvalue weighted by molar-refractivity contribution is 5.75. The van der Waals surface area contributed by atoms with Gasteiger partial charge in [0.15, 0.2) is 0 Å². The number of hydrogen-bond donors (Lipinski definition) is 0. The molecule has 0 bridgehead atoms. The van der Waals surface area contributed by atoms with Crippen molar-refractivity contribution in [1.82, 2.24) is 4.90 Å². The van der Waals surface area contributed by atoms with Crippen LogP contribution in [0, 0.1) is 6.92 Å². The minimum Gasteiger partial charge on any atom is -0.496 e. The van der Waals surface area contributed by atoms with E-state index in [9.17, 15) is 4.79 Å². The van der Waals surface area contributed by atoms with Crippen LogP contribution in [0.15, 0.2) is 18.2 Å². The molecule has 1 atom stereocenters. The Labute approximate surface area is 108 Å². The number of ether oxygens (including phenoxy) is 2. The Morgan fingerprint density at radius 3 is 2.56 bits per heavy atom. The van der Waals surface area contributed by atoms with Gasteiger partial charge in [0.05, 0.1) is 14.2 Å². The Morgan fingerprint density at radius 2 is 2.06 bits per heavy atom. The molecule has 1 aromatic rings. The summed E-state index contributed by atoms with van der Waals surface area (Å²) in [7, 11) is 4.97. The fraction of sp³-hybridized carbons (Fsp3) is 0.500. The summed E-state index contributed by atoms with van der Waals surface area (Å²) in [6.45, 7) is 4.54. The fourth-order valence-corrected chi connectivity index (χ4v) is 1.81. The lowest BCUT2D eigenvalue weighted by Gasteiger charge is -2.22. The van der Waals surface area contributed by atoms with E-state index in [-0.39, 0.29) is 12.0 Å². The second-order valence-corrected chi connectivity index (χ2v) is 4.42. The molecule has 18 heavy (non-hydrogen) atoms. The van der Waals surface area contributed by atoms with Gasteiger partial charge >= 0.3 is 5.97 Å². The van der Waals surface area contributed by atoms with Gasteiger partial charge in [-0.3, -0.25) is 9.69 Å². The van der Waals surface area contributed by atoms with Gasteiger partial charge in [0.2, 0.25) is 0 Å². The first-order valence-corrected chi connectivity index (χ1v) is 5.91. The lowest BCUT2D eigenvalue weighted by molar-refractivity contribution is -0.145. The van der Waals surface area contributed by atoms with E-state index < -0.39 is 0 Å². The topological polar surface area (TPSA) is 38.8 Å². The van der Waals surface area contributed by atoms with Crippen LogP contribution in [-0.2, 0) is 16.1 Å². The molecule has 0 fully saturated rings. The molecule has 0 unspecified atom stereocenters. The Hall–Kier alpha value is -1.55. The molecule has 0 aliphatic rings. The van der Waals surface area contributed by atoms with E-state index >= 15 is 0 Å². The molecule has 0 aromatic heterocycles. The lowest BCUT2D eigenvalue weighted by atomic mass is 10.1. The van der Waals surface area contributed by atoms with Crippen molar-refractivity contribution in [2.24, 2.45) is 0 Å². The third-order valence-corrected chi connectivity index (χ3v) is 3.09. The van der Waals surface area contributed by atoms with Crippen LogP contribution in [0.2, 0.25) is 0 Å². The third kappa shape index (κ3) is 3.47. The van der Waals surface area contributed by atoms with Crippen LogP contribution >= 0.6 is 0 Å². The second-order valence-electron chi connectivity index (χ2n) is 4.42. The maximum Gasteiger partial charge on any atom is 0.322 e. The minimum absolute atomic E-state index is 0.220. The Bertz CT molecular complexity index is 418. The Balaban J connectivity index is 2.73. The summed E-state index contributed by atoms with van der Waals surface area (Å²) in [4.78, 5) is 13.4. The molecule has 0 N–H and O–H groups in total. The van der Waals surface area contributed by atoms with E-state index in [0.717, 1.165) is 16.9 Å². The number of carbonyl (C=O) groups excluding carboxylic acids is 1. The van der Waals surface area contributed by atoms with E-state index in [2.05, 4.69) is 6.07 Å².